The van der Waals surface area contributed by atoms with E-state index in [1.54, 1.807) is 23.5 Å². The van der Waals surface area contributed by atoms with Crippen LogP contribution in [0.25, 0.3) is 0 Å². The maximum Gasteiger partial charge on any atom is 0.254 e. The summed E-state index contributed by atoms with van der Waals surface area (Å²) in [6.45, 7) is 0.427. The Morgan fingerprint density at radius 1 is 1.31 bits per heavy atom. The zero-order valence-corrected chi connectivity index (χ0v) is 9.26. The smallest absolute Gasteiger partial charge is 0.254 e. The molecule has 82 valence electrons. The standard InChI is InChI=1S/C12H10FNOS/c13-11-4-2-1-3-10(11)12(15)14-7-9-5-6-16-8-9/h1-6,8H,7H2,(H,14,15). The van der Waals surface area contributed by atoms with E-state index < -0.39 is 5.82 Å². The molecule has 0 radical (unpaired) electrons. The maximum atomic E-state index is 13.2. The highest BCUT2D eigenvalue weighted by molar-refractivity contribution is 7.07. The molecular weight excluding hydrogens is 225 g/mol. The fourth-order valence-corrected chi connectivity index (χ4v) is 1.98. The lowest BCUT2D eigenvalue weighted by Crippen LogP contribution is -2.23. The molecule has 2 aromatic rings. The van der Waals surface area contributed by atoms with Crippen LogP contribution in [0.5, 0.6) is 0 Å². The molecule has 0 atom stereocenters. The minimum absolute atomic E-state index is 0.0812. The number of thiophene rings is 1. The van der Waals surface area contributed by atoms with Crippen molar-refractivity contribution in [3.05, 3.63) is 58.0 Å². The Labute approximate surface area is 96.7 Å². The van der Waals surface area contributed by atoms with Gasteiger partial charge >= 0.3 is 0 Å². The minimum atomic E-state index is -0.495. The van der Waals surface area contributed by atoms with E-state index in [1.165, 1.54) is 12.1 Å². The van der Waals surface area contributed by atoms with Crippen LogP contribution in [-0.4, -0.2) is 5.91 Å². The maximum absolute atomic E-state index is 13.2. The molecule has 1 heterocycles. The van der Waals surface area contributed by atoms with Crippen LogP contribution >= 0.6 is 11.3 Å². The number of rotatable bonds is 3. The van der Waals surface area contributed by atoms with Crippen molar-refractivity contribution in [2.75, 3.05) is 0 Å². The first kappa shape index (κ1) is 10.8. The zero-order valence-electron chi connectivity index (χ0n) is 8.44. The third-order valence-electron chi connectivity index (χ3n) is 2.15. The van der Waals surface area contributed by atoms with Gasteiger partial charge in [-0.15, -0.1) is 0 Å². The van der Waals surface area contributed by atoms with E-state index >= 15 is 0 Å². The summed E-state index contributed by atoms with van der Waals surface area (Å²) in [5.74, 6) is -0.880. The molecule has 2 rings (SSSR count). The van der Waals surface area contributed by atoms with Crippen LogP contribution in [0.2, 0.25) is 0 Å². The van der Waals surface area contributed by atoms with Crippen LogP contribution in [-0.2, 0) is 6.54 Å². The molecule has 1 aromatic carbocycles. The van der Waals surface area contributed by atoms with Gasteiger partial charge in [0.1, 0.15) is 5.82 Å². The van der Waals surface area contributed by atoms with Gasteiger partial charge in [-0.2, -0.15) is 11.3 Å². The molecule has 1 aromatic heterocycles. The van der Waals surface area contributed by atoms with E-state index in [1.807, 2.05) is 16.8 Å². The molecule has 0 saturated carbocycles. The van der Waals surface area contributed by atoms with E-state index in [2.05, 4.69) is 5.32 Å². The predicted molar refractivity (Wildman–Crippen MR) is 61.9 cm³/mol. The lowest BCUT2D eigenvalue weighted by Gasteiger charge is -2.04. The van der Waals surface area contributed by atoms with Gasteiger partial charge in [0.15, 0.2) is 0 Å². The largest absolute Gasteiger partial charge is 0.348 e. The lowest BCUT2D eigenvalue weighted by atomic mass is 10.2. The lowest BCUT2D eigenvalue weighted by molar-refractivity contribution is 0.0947. The molecular formula is C12H10FNOS. The highest BCUT2D eigenvalue weighted by atomic mass is 32.1. The number of halogens is 1. The first-order chi connectivity index (χ1) is 7.77. The number of hydrogen-bond acceptors (Lipinski definition) is 2. The molecule has 0 bridgehead atoms. The van der Waals surface area contributed by atoms with E-state index in [4.69, 9.17) is 0 Å². The monoisotopic (exact) mass is 235 g/mol. The third kappa shape index (κ3) is 2.46. The average Bonchev–Trinajstić information content (AvgIpc) is 2.79. The molecule has 2 nitrogen and oxygen atoms in total. The molecule has 0 saturated heterocycles. The Balaban J connectivity index is 2.01. The molecule has 0 spiro atoms. The van der Waals surface area contributed by atoms with E-state index in [-0.39, 0.29) is 11.5 Å². The Bertz CT molecular complexity index is 482. The number of hydrogen-bond donors (Lipinski definition) is 1. The molecule has 0 fully saturated rings. The summed E-state index contributed by atoms with van der Waals surface area (Å²) in [6.07, 6.45) is 0. The van der Waals surface area contributed by atoms with Crippen molar-refractivity contribution < 1.29 is 9.18 Å². The van der Waals surface area contributed by atoms with Crippen molar-refractivity contribution >= 4 is 17.2 Å². The molecule has 1 N–H and O–H groups in total. The summed E-state index contributed by atoms with van der Waals surface area (Å²) < 4.78 is 13.2. The van der Waals surface area contributed by atoms with Gasteiger partial charge in [0.2, 0.25) is 0 Å². The van der Waals surface area contributed by atoms with Crippen LogP contribution in [0.4, 0.5) is 4.39 Å². The first-order valence-electron chi connectivity index (χ1n) is 4.81. The Kier molecular flexibility index (Phi) is 3.31. The zero-order chi connectivity index (χ0) is 11.4. The fraction of sp³-hybridized carbons (Fsp3) is 0.0833. The molecule has 0 aliphatic carbocycles. The molecule has 0 aliphatic rings. The van der Waals surface area contributed by atoms with E-state index in [9.17, 15) is 9.18 Å². The number of carbonyl (C=O) groups excluding carboxylic acids is 1. The van der Waals surface area contributed by atoms with Gasteiger partial charge in [-0.3, -0.25) is 4.79 Å². The molecule has 0 unspecified atom stereocenters. The summed E-state index contributed by atoms with van der Waals surface area (Å²) in [7, 11) is 0. The fourth-order valence-electron chi connectivity index (χ4n) is 1.32. The average molecular weight is 235 g/mol. The van der Waals surface area contributed by atoms with Gasteiger partial charge in [-0.05, 0) is 34.5 Å². The second-order valence-corrected chi connectivity index (χ2v) is 4.07. The molecule has 4 heteroatoms. The quantitative estimate of drug-likeness (QED) is 0.870. The van der Waals surface area contributed by atoms with Crippen LogP contribution < -0.4 is 5.32 Å². The van der Waals surface area contributed by atoms with Crippen molar-refractivity contribution in [3.63, 3.8) is 0 Å². The Morgan fingerprint density at radius 3 is 2.81 bits per heavy atom. The number of amides is 1. The van der Waals surface area contributed by atoms with Crippen molar-refractivity contribution in [1.82, 2.24) is 5.32 Å². The van der Waals surface area contributed by atoms with Gasteiger partial charge in [0.05, 0.1) is 5.56 Å². The van der Waals surface area contributed by atoms with Crippen LogP contribution in [0.1, 0.15) is 15.9 Å². The third-order valence-corrected chi connectivity index (χ3v) is 2.88. The van der Waals surface area contributed by atoms with Crippen LogP contribution in [0.3, 0.4) is 0 Å². The van der Waals surface area contributed by atoms with E-state index in [0.717, 1.165) is 5.56 Å². The normalized spacial score (nSPS) is 10.1. The summed E-state index contributed by atoms with van der Waals surface area (Å²) >= 11 is 1.56. The summed E-state index contributed by atoms with van der Waals surface area (Å²) in [5, 5.41) is 6.55. The highest BCUT2D eigenvalue weighted by Gasteiger charge is 2.09. The molecule has 1 amide bonds. The Morgan fingerprint density at radius 2 is 2.12 bits per heavy atom. The second kappa shape index (κ2) is 4.90. The number of nitrogens with one attached hydrogen (secondary N) is 1. The van der Waals surface area contributed by atoms with Gasteiger partial charge in [-0.1, -0.05) is 12.1 Å². The highest BCUT2D eigenvalue weighted by Crippen LogP contribution is 2.08. The second-order valence-electron chi connectivity index (χ2n) is 3.29. The van der Waals surface area contributed by atoms with Crippen molar-refractivity contribution in [3.8, 4) is 0 Å². The number of benzene rings is 1. The van der Waals surface area contributed by atoms with Crippen LogP contribution in [0.15, 0.2) is 41.1 Å². The van der Waals surface area contributed by atoms with Gasteiger partial charge in [-0.25, -0.2) is 4.39 Å². The molecule has 0 aliphatic heterocycles. The van der Waals surface area contributed by atoms with Crippen LogP contribution in [0, 0.1) is 5.82 Å². The summed E-state index contributed by atoms with van der Waals surface area (Å²) in [5.41, 5.74) is 1.10. The topological polar surface area (TPSA) is 29.1 Å². The first-order valence-corrected chi connectivity index (χ1v) is 5.75. The van der Waals surface area contributed by atoms with E-state index in [0.29, 0.717) is 6.54 Å². The van der Waals surface area contributed by atoms with Gasteiger partial charge in [0.25, 0.3) is 5.91 Å². The van der Waals surface area contributed by atoms with Gasteiger partial charge < -0.3 is 5.32 Å². The van der Waals surface area contributed by atoms with Crippen molar-refractivity contribution in [1.29, 1.82) is 0 Å². The number of carbonyl (C=O) groups is 1. The summed E-state index contributed by atoms with van der Waals surface area (Å²) in [6, 6.07) is 7.87. The summed E-state index contributed by atoms with van der Waals surface area (Å²) in [4.78, 5) is 11.6. The van der Waals surface area contributed by atoms with Gasteiger partial charge in [0, 0.05) is 6.54 Å². The Hall–Kier alpha value is -1.68. The predicted octanol–water partition coefficient (Wildman–Crippen LogP) is 2.82. The molecule has 16 heavy (non-hydrogen) atoms. The SMILES string of the molecule is O=C(NCc1ccsc1)c1ccccc1F. The van der Waals surface area contributed by atoms with Crippen molar-refractivity contribution in [2.45, 2.75) is 6.54 Å². The minimum Gasteiger partial charge on any atom is -0.348 e. The van der Waals surface area contributed by atoms with Crippen molar-refractivity contribution in [2.24, 2.45) is 0 Å².